The summed E-state index contributed by atoms with van der Waals surface area (Å²) >= 11 is 11.5. The van der Waals surface area contributed by atoms with E-state index in [1.165, 1.54) is 6.07 Å². The van der Waals surface area contributed by atoms with Gasteiger partial charge in [0.05, 0.1) is 5.56 Å². The number of carbonyl (C=O) groups excluding carboxylic acids is 1. The molecule has 3 N–H and O–H groups in total. The van der Waals surface area contributed by atoms with E-state index < -0.39 is 0 Å². The Kier molecular flexibility index (Phi) is 5.65. The third-order valence-corrected chi connectivity index (χ3v) is 5.90. The molecular weight excluding hydrogens is 470 g/mol. The Morgan fingerprint density at radius 2 is 1.82 bits per heavy atom. The third-order valence-electron chi connectivity index (χ3n) is 5.37. The van der Waals surface area contributed by atoms with Gasteiger partial charge < -0.3 is 14.8 Å². The Balaban J connectivity index is 1.33. The maximum atomic E-state index is 12.8. The lowest BCUT2D eigenvalue weighted by atomic mass is 10.0. The Morgan fingerprint density at radius 3 is 2.65 bits per heavy atom. The van der Waals surface area contributed by atoms with Gasteiger partial charge in [-0.05, 0) is 66.5 Å². The summed E-state index contributed by atoms with van der Waals surface area (Å²) in [4.78, 5) is 17.3. The average molecular weight is 488 g/mol. The number of aryl methyl sites for hydroxylation is 1. The minimum Gasteiger partial charge on any atom is -0.507 e. The van der Waals surface area contributed by atoms with Crippen molar-refractivity contribution in [2.24, 2.45) is 0 Å². The molecule has 0 aliphatic heterocycles. The van der Waals surface area contributed by atoms with Crippen LogP contribution in [-0.4, -0.2) is 21.1 Å². The van der Waals surface area contributed by atoms with E-state index in [-0.39, 0.29) is 16.8 Å². The number of carbonyl (C=O) groups is 1. The number of halogens is 1. The molecule has 1 amide bonds. The van der Waals surface area contributed by atoms with Crippen LogP contribution in [0.25, 0.3) is 33.3 Å². The van der Waals surface area contributed by atoms with E-state index in [2.05, 4.69) is 15.6 Å². The minimum atomic E-state index is -0.368. The number of oxazole rings is 1. The standard InChI is InChI=1S/C26H18ClN3O3S/c1-14-8-11-21-23(12-14)33-25(29-21)19-10-9-15(13-22(19)31)28-26(34)30-24(32)18-6-2-5-17-16(18)4-3-7-20(17)27/h2-13,31H,1H3,(H2,28,30,32,34). The van der Waals surface area contributed by atoms with Crippen molar-refractivity contribution in [1.29, 1.82) is 0 Å². The topological polar surface area (TPSA) is 87.4 Å². The number of amides is 1. The second-order valence-corrected chi connectivity index (χ2v) is 8.59. The van der Waals surface area contributed by atoms with Crippen molar-refractivity contribution in [2.75, 3.05) is 5.32 Å². The van der Waals surface area contributed by atoms with E-state index in [9.17, 15) is 9.90 Å². The maximum absolute atomic E-state index is 12.8. The van der Waals surface area contributed by atoms with Crippen LogP contribution in [0.2, 0.25) is 5.02 Å². The molecule has 0 bridgehead atoms. The molecule has 0 saturated heterocycles. The van der Waals surface area contributed by atoms with Crippen LogP contribution in [-0.2, 0) is 0 Å². The van der Waals surface area contributed by atoms with Gasteiger partial charge in [-0.15, -0.1) is 0 Å². The number of phenols is 1. The number of phenolic OH excluding ortho intramolecular Hbond substituents is 1. The van der Waals surface area contributed by atoms with Gasteiger partial charge in [0, 0.05) is 27.7 Å². The molecule has 168 valence electrons. The van der Waals surface area contributed by atoms with Crippen molar-refractivity contribution in [3.63, 3.8) is 0 Å². The van der Waals surface area contributed by atoms with Crippen LogP contribution >= 0.6 is 23.8 Å². The summed E-state index contributed by atoms with van der Waals surface area (Å²) < 4.78 is 5.80. The molecule has 8 heteroatoms. The number of rotatable bonds is 3. The number of nitrogens with zero attached hydrogens (tertiary/aromatic N) is 1. The van der Waals surface area contributed by atoms with Gasteiger partial charge in [-0.25, -0.2) is 4.98 Å². The Bertz CT molecular complexity index is 1600. The van der Waals surface area contributed by atoms with Crippen molar-refractivity contribution in [3.8, 4) is 17.2 Å². The SMILES string of the molecule is Cc1ccc2nc(-c3ccc(NC(=S)NC(=O)c4cccc5c(Cl)cccc45)cc3O)oc2c1. The zero-order valence-electron chi connectivity index (χ0n) is 17.9. The first-order valence-electron chi connectivity index (χ1n) is 10.4. The molecule has 0 aliphatic rings. The molecule has 34 heavy (non-hydrogen) atoms. The highest BCUT2D eigenvalue weighted by atomic mass is 35.5. The third kappa shape index (κ3) is 4.19. The number of benzene rings is 4. The number of hydrogen-bond acceptors (Lipinski definition) is 5. The van der Waals surface area contributed by atoms with Gasteiger partial charge in [0.1, 0.15) is 11.3 Å². The summed E-state index contributed by atoms with van der Waals surface area (Å²) in [5.41, 5.74) is 3.81. The largest absolute Gasteiger partial charge is 0.507 e. The first-order valence-corrected chi connectivity index (χ1v) is 11.2. The summed E-state index contributed by atoms with van der Waals surface area (Å²) in [5, 5.41) is 18.3. The fraction of sp³-hybridized carbons (Fsp3) is 0.0385. The zero-order chi connectivity index (χ0) is 23.8. The van der Waals surface area contributed by atoms with Crippen LogP contribution < -0.4 is 10.6 Å². The molecule has 0 fully saturated rings. The molecule has 1 aromatic heterocycles. The van der Waals surface area contributed by atoms with Crippen molar-refractivity contribution >= 4 is 62.4 Å². The number of aromatic hydroxyl groups is 1. The molecule has 5 aromatic rings. The van der Waals surface area contributed by atoms with Gasteiger partial charge in [-0.2, -0.15) is 0 Å². The fourth-order valence-electron chi connectivity index (χ4n) is 3.74. The van der Waals surface area contributed by atoms with Gasteiger partial charge in [0.15, 0.2) is 10.7 Å². The minimum absolute atomic E-state index is 0.0360. The highest BCUT2D eigenvalue weighted by Crippen LogP contribution is 2.33. The lowest BCUT2D eigenvalue weighted by Gasteiger charge is -2.12. The van der Waals surface area contributed by atoms with Crippen molar-refractivity contribution in [1.82, 2.24) is 10.3 Å². The molecule has 0 radical (unpaired) electrons. The van der Waals surface area contributed by atoms with Crippen molar-refractivity contribution < 1.29 is 14.3 Å². The first-order chi connectivity index (χ1) is 16.4. The molecule has 0 saturated carbocycles. The summed E-state index contributed by atoms with van der Waals surface area (Å²) in [6, 6.07) is 21.3. The van der Waals surface area contributed by atoms with Crippen molar-refractivity contribution in [3.05, 3.63) is 88.9 Å². The summed E-state index contributed by atoms with van der Waals surface area (Å²) in [5.74, 6) is -0.0887. The molecule has 0 unspecified atom stereocenters. The summed E-state index contributed by atoms with van der Waals surface area (Å²) in [7, 11) is 0. The smallest absolute Gasteiger partial charge is 0.258 e. The molecule has 0 atom stereocenters. The number of thiocarbonyl (C=S) groups is 1. The summed E-state index contributed by atoms with van der Waals surface area (Å²) in [6.45, 7) is 1.97. The molecule has 0 aliphatic carbocycles. The molecule has 0 spiro atoms. The maximum Gasteiger partial charge on any atom is 0.258 e. The molecule has 6 nitrogen and oxygen atoms in total. The normalized spacial score (nSPS) is 11.0. The highest BCUT2D eigenvalue weighted by Gasteiger charge is 2.15. The van der Waals surface area contributed by atoms with E-state index in [1.54, 1.807) is 36.4 Å². The molecular formula is C26H18ClN3O3S. The predicted octanol–water partition coefficient (Wildman–Crippen LogP) is 6.44. The van der Waals surface area contributed by atoms with Crippen LogP contribution in [0.4, 0.5) is 5.69 Å². The molecule has 1 heterocycles. The van der Waals surface area contributed by atoms with E-state index in [0.29, 0.717) is 38.8 Å². The van der Waals surface area contributed by atoms with E-state index in [0.717, 1.165) is 16.3 Å². The second-order valence-electron chi connectivity index (χ2n) is 7.77. The predicted molar refractivity (Wildman–Crippen MR) is 138 cm³/mol. The van der Waals surface area contributed by atoms with Gasteiger partial charge in [-0.3, -0.25) is 10.1 Å². The van der Waals surface area contributed by atoms with Gasteiger partial charge >= 0.3 is 0 Å². The quantitative estimate of drug-likeness (QED) is 0.254. The van der Waals surface area contributed by atoms with E-state index >= 15 is 0 Å². The van der Waals surface area contributed by atoms with Gasteiger partial charge in [0.25, 0.3) is 5.91 Å². The number of fused-ring (bicyclic) bond motifs is 2. The van der Waals surface area contributed by atoms with Crippen LogP contribution in [0.1, 0.15) is 15.9 Å². The van der Waals surface area contributed by atoms with Gasteiger partial charge in [-0.1, -0.05) is 41.9 Å². The number of hydrogen-bond donors (Lipinski definition) is 3. The highest BCUT2D eigenvalue weighted by molar-refractivity contribution is 7.80. The average Bonchev–Trinajstić information content (AvgIpc) is 3.21. The summed E-state index contributed by atoms with van der Waals surface area (Å²) in [6.07, 6.45) is 0. The van der Waals surface area contributed by atoms with E-state index in [1.807, 2.05) is 37.3 Å². The van der Waals surface area contributed by atoms with Crippen molar-refractivity contribution in [2.45, 2.75) is 6.92 Å². The second kappa shape index (κ2) is 8.78. The van der Waals surface area contributed by atoms with Crippen LogP contribution in [0.5, 0.6) is 5.75 Å². The van der Waals surface area contributed by atoms with Gasteiger partial charge in [0.2, 0.25) is 5.89 Å². The lowest BCUT2D eigenvalue weighted by molar-refractivity contribution is 0.0979. The molecule has 4 aromatic carbocycles. The number of anilines is 1. The monoisotopic (exact) mass is 487 g/mol. The molecule has 5 rings (SSSR count). The van der Waals surface area contributed by atoms with Crippen LogP contribution in [0, 0.1) is 6.92 Å². The van der Waals surface area contributed by atoms with E-state index in [4.69, 9.17) is 28.2 Å². The first kappa shape index (κ1) is 21.9. The lowest BCUT2D eigenvalue weighted by Crippen LogP contribution is -2.34. The zero-order valence-corrected chi connectivity index (χ0v) is 19.5. The van der Waals surface area contributed by atoms with Crippen LogP contribution in [0.15, 0.2) is 77.2 Å². The number of nitrogens with one attached hydrogen (secondary N) is 2. The van der Waals surface area contributed by atoms with Crippen LogP contribution in [0.3, 0.4) is 0 Å². The Hall–Kier alpha value is -3.94. The Morgan fingerprint density at radius 1 is 1.03 bits per heavy atom. The number of aromatic nitrogens is 1. The fourth-order valence-corrected chi connectivity index (χ4v) is 4.19. The Labute approximate surface area is 205 Å².